The molecule has 0 bridgehead atoms. The zero-order valence-corrected chi connectivity index (χ0v) is 10.6. The molecule has 1 aromatic heterocycles. The maximum absolute atomic E-state index is 5.74. The Kier molecular flexibility index (Phi) is 3.47. The van der Waals surface area contributed by atoms with Crippen LogP contribution in [0.3, 0.4) is 0 Å². The highest BCUT2D eigenvalue weighted by atomic mass is 16.5. The fraction of sp³-hybridized carbons (Fsp3) is 0.357. The summed E-state index contributed by atoms with van der Waals surface area (Å²) in [5, 5.41) is 4.45. The summed E-state index contributed by atoms with van der Waals surface area (Å²) in [5.74, 6) is 0.835. The van der Waals surface area contributed by atoms with Crippen molar-refractivity contribution < 1.29 is 4.74 Å². The molecule has 0 atom stereocenters. The van der Waals surface area contributed by atoms with Gasteiger partial charge in [-0.2, -0.15) is 5.10 Å². The fourth-order valence-electron chi connectivity index (χ4n) is 1.73. The average molecular weight is 230 g/mol. The normalized spacial score (nSPS) is 10.8. The van der Waals surface area contributed by atoms with Gasteiger partial charge in [-0.05, 0) is 26.3 Å². The van der Waals surface area contributed by atoms with E-state index in [0.29, 0.717) is 0 Å². The van der Waals surface area contributed by atoms with Crippen LogP contribution in [0.25, 0.3) is 0 Å². The second kappa shape index (κ2) is 5.04. The van der Waals surface area contributed by atoms with Gasteiger partial charge in [0.15, 0.2) is 0 Å². The van der Waals surface area contributed by atoms with E-state index in [1.165, 1.54) is 5.56 Å². The Morgan fingerprint density at radius 3 is 2.59 bits per heavy atom. The van der Waals surface area contributed by atoms with Crippen LogP contribution >= 0.6 is 0 Å². The van der Waals surface area contributed by atoms with Crippen LogP contribution in [0.15, 0.2) is 36.4 Å². The molecule has 0 saturated heterocycles. The smallest absolute Gasteiger partial charge is 0.212 e. The standard InChI is InChI=1S/C14H18N2O/c1-11(2)17-14-9-12(3)15-16(14)10-13-7-5-4-6-8-13/h4-9,11H,10H2,1-3H3. The quantitative estimate of drug-likeness (QED) is 0.807. The monoisotopic (exact) mass is 230 g/mol. The highest BCUT2D eigenvalue weighted by molar-refractivity contribution is 5.20. The van der Waals surface area contributed by atoms with Crippen molar-refractivity contribution in [3.8, 4) is 5.88 Å². The van der Waals surface area contributed by atoms with Gasteiger partial charge in [-0.15, -0.1) is 0 Å². The summed E-state index contributed by atoms with van der Waals surface area (Å²) in [5.41, 5.74) is 2.21. The number of benzene rings is 1. The van der Waals surface area contributed by atoms with Crippen molar-refractivity contribution in [1.29, 1.82) is 0 Å². The van der Waals surface area contributed by atoms with Crippen LogP contribution in [0.1, 0.15) is 25.1 Å². The highest BCUT2D eigenvalue weighted by Crippen LogP contribution is 2.16. The van der Waals surface area contributed by atoms with Crippen LogP contribution in [0.4, 0.5) is 0 Å². The molecule has 3 nitrogen and oxygen atoms in total. The van der Waals surface area contributed by atoms with Gasteiger partial charge in [-0.1, -0.05) is 30.3 Å². The summed E-state index contributed by atoms with van der Waals surface area (Å²) >= 11 is 0. The molecule has 1 heterocycles. The van der Waals surface area contributed by atoms with Crippen molar-refractivity contribution in [3.05, 3.63) is 47.7 Å². The average Bonchev–Trinajstić information content (AvgIpc) is 2.59. The van der Waals surface area contributed by atoms with Gasteiger partial charge in [0.2, 0.25) is 5.88 Å². The topological polar surface area (TPSA) is 27.1 Å². The molecule has 17 heavy (non-hydrogen) atoms. The Morgan fingerprint density at radius 2 is 1.94 bits per heavy atom. The summed E-state index contributed by atoms with van der Waals surface area (Å²) in [4.78, 5) is 0. The van der Waals surface area contributed by atoms with Gasteiger partial charge in [0.25, 0.3) is 0 Å². The van der Waals surface area contributed by atoms with Crippen molar-refractivity contribution >= 4 is 0 Å². The number of nitrogens with zero attached hydrogens (tertiary/aromatic N) is 2. The third-order valence-electron chi connectivity index (χ3n) is 2.40. The second-order valence-electron chi connectivity index (χ2n) is 4.43. The van der Waals surface area contributed by atoms with Crippen molar-refractivity contribution in [3.63, 3.8) is 0 Å². The van der Waals surface area contributed by atoms with E-state index in [4.69, 9.17) is 4.74 Å². The summed E-state index contributed by atoms with van der Waals surface area (Å²) in [7, 11) is 0. The number of aromatic nitrogens is 2. The van der Waals surface area contributed by atoms with Gasteiger partial charge in [0.1, 0.15) is 0 Å². The lowest BCUT2D eigenvalue weighted by Gasteiger charge is -2.11. The van der Waals surface area contributed by atoms with Crippen molar-refractivity contribution in [1.82, 2.24) is 9.78 Å². The van der Waals surface area contributed by atoms with E-state index in [9.17, 15) is 0 Å². The first-order chi connectivity index (χ1) is 8.15. The molecule has 0 spiro atoms. The number of rotatable bonds is 4. The first-order valence-electron chi connectivity index (χ1n) is 5.90. The molecular weight excluding hydrogens is 212 g/mol. The van der Waals surface area contributed by atoms with Gasteiger partial charge >= 0.3 is 0 Å². The van der Waals surface area contributed by atoms with Crippen LogP contribution in [-0.2, 0) is 6.54 Å². The van der Waals surface area contributed by atoms with E-state index in [0.717, 1.165) is 18.1 Å². The molecule has 3 heteroatoms. The van der Waals surface area contributed by atoms with E-state index in [1.54, 1.807) is 0 Å². The lowest BCUT2D eigenvalue weighted by atomic mass is 10.2. The minimum Gasteiger partial charge on any atom is -0.475 e. The zero-order chi connectivity index (χ0) is 12.3. The molecule has 90 valence electrons. The number of hydrogen-bond donors (Lipinski definition) is 0. The van der Waals surface area contributed by atoms with Gasteiger partial charge in [-0.3, -0.25) is 0 Å². The van der Waals surface area contributed by atoms with Gasteiger partial charge in [0, 0.05) is 6.07 Å². The van der Waals surface area contributed by atoms with Gasteiger partial charge in [-0.25, -0.2) is 4.68 Å². The molecule has 0 fully saturated rings. The summed E-state index contributed by atoms with van der Waals surface area (Å²) in [6.07, 6.45) is 0.167. The Balaban J connectivity index is 2.20. The first kappa shape index (κ1) is 11.7. The van der Waals surface area contributed by atoms with E-state index in [1.807, 2.05) is 49.7 Å². The Bertz CT molecular complexity index is 474. The van der Waals surface area contributed by atoms with Crippen molar-refractivity contribution in [2.75, 3.05) is 0 Å². The van der Waals surface area contributed by atoms with Crippen LogP contribution in [-0.4, -0.2) is 15.9 Å². The van der Waals surface area contributed by atoms with E-state index in [-0.39, 0.29) is 6.10 Å². The third kappa shape index (κ3) is 3.09. The molecule has 0 amide bonds. The molecule has 2 rings (SSSR count). The Labute approximate surface area is 102 Å². The van der Waals surface area contributed by atoms with Crippen LogP contribution in [0, 0.1) is 6.92 Å². The zero-order valence-electron chi connectivity index (χ0n) is 10.6. The maximum Gasteiger partial charge on any atom is 0.212 e. The van der Waals surface area contributed by atoms with E-state index in [2.05, 4.69) is 17.2 Å². The summed E-state index contributed by atoms with van der Waals surface area (Å²) in [6.45, 7) is 6.77. The molecule has 1 aromatic carbocycles. The molecule has 0 N–H and O–H groups in total. The Morgan fingerprint density at radius 1 is 1.24 bits per heavy atom. The molecule has 0 aliphatic heterocycles. The number of aryl methyl sites for hydroxylation is 1. The van der Waals surface area contributed by atoms with Crippen LogP contribution in [0.5, 0.6) is 5.88 Å². The summed E-state index contributed by atoms with van der Waals surface area (Å²) in [6, 6.07) is 12.3. The highest BCUT2D eigenvalue weighted by Gasteiger charge is 2.08. The van der Waals surface area contributed by atoms with Crippen molar-refractivity contribution in [2.45, 2.75) is 33.4 Å². The third-order valence-corrected chi connectivity index (χ3v) is 2.40. The van der Waals surface area contributed by atoms with Crippen molar-refractivity contribution in [2.24, 2.45) is 0 Å². The largest absolute Gasteiger partial charge is 0.475 e. The van der Waals surface area contributed by atoms with E-state index < -0.39 is 0 Å². The number of ether oxygens (including phenoxy) is 1. The predicted molar refractivity (Wildman–Crippen MR) is 68.3 cm³/mol. The predicted octanol–water partition coefficient (Wildman–Crippen LogP) is 3.03. The van der Waals surface area contributed by atoms with Gasteiger partial charge < -0.3 is 4.74 Å². The van der Waals surface area contributed by atoms with Gasteiger partial charge in [0.05, 0.1) is 18.3 Å². The minimum absolute atomic E-state index is 0.167. The fourth-order valence-corrected chi connectivity index (χ4v) is 1.73. The molecule has 0 aliphatic carbocycles. The summed E-state index contributed by atoms with van der Waals surface area (Å²) < 4.78 is 7.65. The lowest BCUT2D eigenvalue weighted by molar-refractivity contribution is 0.219. The van der Waals surface area contributed by atoms with Crippen LogP contribution < -0.4 is 4.74 Å². The van der Waals surface area contributed by atoms with Crippen LogP contribution in [0.2, 0.25) is 0 Å². The minimum atomic E-state index is 0.167. The molecule has 0 unspecified atom stereocenters. The number of hydrogen-bond acceptors (Lipinski definition) is 2. The van der Waals surface area contributed by atoms with E-state index >= 15 is 0 Å². The molecular formula is C14H18N2O. The lowest BCUT2D eigenvalue weighted by Crippen LogP contribution is -2.11. The second-order valence-corrected chi connectivity index (χ2v) is 4.43. The first-order valence-corrected chi connectivity index (χ1v) is 5.90. The molecule has 0 saturated carbocycles. The molecule has 2 aromatic rings. The maximum atomic E-state index is 5.74. The molecule has 0 radical (unpaired) electrons. The Hall–Kier alpha value is -1.77. The molecule has 0 aliphatic rings. The SMILES string of the molecule is Cc1cc(OC(C)C)n(Cc2ccccc2)n1.